The quantitative estimate of drug-likeness (QED) is 0.785. The Labute approximate surface area is 121 Å². The van der Waals surface area contributed by atoms with Crippen molar-refractivity contribution in [1.82, 2.24) is 0 Å². The van der Waals surface area contributed by atoms with E-state index in [9.17, 15) is 10.1 Å². The molecule has 0 aliphatic carbocycles. The van der Waals surface area contributed by atoms with Crippen LogP contribution >= 0.6 is 15.9 Å². The molecule has 0 aromatic heterocycles. The molecule has 0 spiro atoms. The number of piperidine rings is 1. The molecule has 0 saturated carbocycles. The van der Waals surface area contributed by atoms with E-state index in [1.807, 2.05) is 18.2 Å². The Hall–Kier alpha value is -1.54. The van der Waals surface area contributed by atoms with Gasteiger partial charge in [-0.1, -0.05) is 6.07 Å². The first-order chi connectivity index (χ1) is 9.17. The number of hydrogen-bond donors (Lipinski definition) is 0. The number of ether oxygens (including phenoxy) is 1. The van der Waals surface area contributed by atoms with E-state index in [4.69, 9.17) is 4.74 Å². The fourth-order valence-electron chi connectivity index (χ4n) is 2.44. The van der Waals surface area contributed by atoms with Crippen molar-refractivity contribution in [2.75, 3.05) is 25.1 Å². The second kappa shape index (κ2) is 6.07. The zero-order valence-corrected chi connectivity index (χ0v) is 12.3. The lowest BCUT2D eigenvalue weighted by Crippen LogP contribution is -2.39. The fourth-order valence-corrected chi connectivity index (χ4v) is 2.89. The first-order valence-electron chi connectivity index (χ1n) is 6.18. The number of nitriles is 1. The normalized spacial score (nSPS) is 18.8. The van der Waals surface area contributed by atoms with Crippen molar-refractivity contribution in [3.05, 3.63) is 28.2 Å². The first kappa shape index (κ1) is 13.9. The van der Waals surface area contributed by atoms with Crippen LogP contribution in [0, 0.1) is 17.2 Å². The predicted octanol–water partition coefficient (Wildman–Crippen LogP) is 2.71. The fraction of sp³-hybridized carbons (Fsp3) is 0.429. The number of carbonyl (C=O) groups is 1. The Kier molecular flexibility index (Phi) is 4.43. The molecule has 1 aliphatic heterocycles. The molecule has 1 aromatic carbocycles. The molecule has 1 aromatic rings. The number of anilines is 1. The second-order valence-electron chi connectivity index (χ2n) is 4.55. The molecular formula is C14H15BrN2O2. The summed E-state index contributed by atoms with van der Waals surface area (Å²) >= 11 is 3.39. The third-order valence-electron chi connectivity index (χ3n) is 3.40. The highest BCUT2D eigenvalue weighted by Crippen LogP contribution is 2.30. The van der Waals surface area contributed by atoms with E-state index in [0.29, 0.717) is 12.1 Å². The van der Waals surface area contributed by atoms with Crippen LogP contribution in [0.15, 0.2) is 22.7 Å². The number of carbonyl (C=O) groups excluding carboxylic acids is 1. The zero-order valence-electron chi connectivity index (χ0n) is 10.7. The van der Waals surface area contributed by atoms with Gasteiger partial charge in [-0.15, -0.1) is 0 Å². The molecule has 1 unspecified atom stereocenters. The van der Waals surface area contributed by atoms with Crippen molar-refractivity contribution in [3.63, 3.8) is 0 Å². The molecule has 1 atom stereocenters. The number of rotatable bonds is 2. The summed E-state index contributed by atoms with van der Waals surface area (Å²) in [6, 6.07) is 7.89. The van der Waals surface area contributed by atoms with E-state index in [1.165, 1.54) is 7.11 Å². The smallest absolute Gasteiger partial charge is 0.310 e. The van der Waals surface area contributed by atoms with Gasteiger partial charge in [-0.3, -0.25) is 4.79 Å². The lowest BCUT2D eigenvalue weighted by molar-refractivity contribution is -0.145. The summed E-state index contributed by atoms with van der Waals surface area (Å²) in [5.74, 6) is -0.275. The number of methoxy groups -OCH3 is 1. The molecule has 1 fully saturated rings. The van der Waals surface area contributed by atoms with Crippen molar-refractivity contribution in [2.24, 2.45) is 5.92 Å². The van der Waals surface area contributed by atoms with Gasteiger partial charge in [0.15, 0.2) is 0 Å². The second-order valence-corrected chi connectivity index (χ2v) is 5.41. The monoisotopic (exact) mass is 322 g/mol. The first-order valence-corrected chi connectivity index (χ1v) is 6.98. The van der Waals surface area contributed by atoms with Gasteiger partial charge in [-0.2, -0.15) is 5.26 Å². The summed E-state index contributed by atoms with van der Waals surface area (Å²) in [7, 11) is 1.42. The van der Waals surface area contributed by atoms with Gasteiger partial charge in [0.2, 0.25) is 0 Å². The Morgan fingerprint density at radius 2 is 2.37 bits per heavy atom. The number of halogens is 1. The van der Waals surface area contributed by atoms with Gasteiger partial charge in [-0.25, -0.2) is 0 Å². The van der Waals surface area contributed by atoms with Crippen LogP contribution in [0.4, 0.5) is 5.69 Å². The molecule has 0 bridgehead atoms. The lowest BCUT2D eigenvalue weighted by atomic mass is 9.97. The van der Waals surface area contributed by atoms with Gasteiger partial charge in [-0.05, 0) is 40.9 Å². The molecule has 5 heteroatoms. The van der Waals surface area contributed by atoms with Crippen LogP contribution in [0.1, 0.15) is 18.4 Å². The van der Waals surface area contributed by atoms with Gasteiger partial charge in [0.05, 0.1) is 24.3 Å². The van der Waals surface area contributed by atoms with E-state index in [0.717, 1.165) is 29.5 Å². The minimum Gasteiger partial charge on any atom is -0.469 e. The van der Waals surface area contributed by atoms with E-state index < -0.39 is 0 Å². The van der Waals surface area contributed by atoms with Crippen LogP contribution in [0.5, 0.6) is 0 Å². The average molecular weight is 323 g/mol. The predicted molar refractivity (Wildman–Crippen MR) is 75.8 cm³/mol. The third kappa shape index (κ3) is 2.90. The maximum atomic E-state index is 11.6. The SMILES string of the molecule is COC(=O)C1CCCN(c2cccc(Br)c2C#N)C1. The largest absolute Gasteiger partial charge is 0.469 e. The molecule has 1 saturated heterocycles. The molecule has 1 heterocycles. The van der Waals surface area contributed by atoms with E-state index in [2.05, 4.69) is 26.9 Å². The molecular weight excluding hydrogens is 308 g/mol. The topological polar surface area (TPSA) is 53.3 Å². The van der Waals surface area contributed by atoms with Gasteiger partial charge in [0.25, 0.3) is 0 Å². The Balaban J connectivity index is 2.25. The van der Waals surface area contributed by atoms with Crippen molar-refractivity contribution >= 4 is 27.6 Å². The van der Waals surface area contributed by atoms with Crippen molar-refractivity contribution in [1.29, 1.82) is 5.26 Å². The lowest BCUT2D eigenvalue weighted by Gasteiger charge is -2.33. The number of esters is 1. The minimum atomic E-state index is -0.168. The summed E-state index contributed by atoms with van der Waals surface area (Å²) < 4.78 is 5.60. The van der Waals surface area contributed by atoms with Gasteiger partial charge < -0.3 is 9.64 Å². The Morgan fingerprint density at radius 3 is 3.05 bits per heavy atom. The summed E-state index contributed by atoms with van der Waals surface area (Å²) in [6.45, 7) is 1.47. The number of nitrogens with zero attached hydrogens (tertiary/aromatic N) is 2. The highest BCUT2D eigenvalue weighted by atomic mass is 79.9. The maximum Gasteiger partial charge on any atom is 0.310 e. The summed E-state index contributed by atoms with van der Waals surface area (Å²) in [6.07, 6.45) is 1.77. The zero-order chi connectivity index (χ0) is 13.8. The molecule has 0 amide bonds. The van der Waals surface area contributed by atoms with E-state index in [-0.39, 0.29) is 11.9 Å². The van der Waals surface area contributed by atoms with Gasteiger partial charge >= 0.3 is 5.97 Å². The molecule has 1 aliphatic rings. The molecule has 19 heavy (non-hydrogen) atoms. The summed E-state index contributed by atoms with van der Waals surface area (Å²) in [5, 5.41) is 9.25. The van der Waals surface area contributed by atoms with Crippen LogP contribution in [-0.4, -0.2) is 26.2 Å². The highest BCUT2D eigenvalue weighted by molar-refractivity contribution is 9.10. The Bertz CT molecular complexity index is 525. The maximum absolute atomic E-state index is 11.6. The average Bonchev–Trinajstić information content (AvgIpc) is 2.46. The molecule has 2 rings (SSSR count). The summed E-state index contributed by atoms with van der Waals surface area (Å²) in [4.78, 5) is 13.7. The minimum absolute atomic E-state index is 0.107. The number of benzene rings is 1. The number of hydrogen-bond acceptors (Lipinski definition) is 4. The van der Waals surface area contributed by atoms with Crippen LogP contribution in [0.3, 0.4) is 0 Å². The Morgan fingerprint density at radius 1 is 1.58 bits per heavy atom. The van der Waals surface area contributed by atoms with Gasteiger partial charge in [0.1, 0.15) is 6.07 Å². The van der Waals surface area contributed by atoms with Crippen LogP contribution in [0.25, 0.3) is 0 Å². The summed E-state index contributed by atoms with van der Waals surface area (Å²) in [5.41, 5.74) is 1.50. The van der Waals surface area contributed by atoms with Crippen molar-refractivity contribution in [3.8, 4) is 6.07 Å². The van der Waals surface area contributed by atoms with E-state index >= 15 is 0 Å². The highest BCUT2D eigenvalue weighted by Gasteiger charge is 2.27. The third-order valence-corrected chi connectivity index (χ3v) is 4.06. The van der Waals surface area contributed by atoms with Gasteiger partial charge in [0, 0.05) is 17.6 Å². The molecule has 100 valence electrons. The standard InChI is InChI=1S/C14H15BrN2O2/c1-19-14(18)10-4-3-7-17(9-10)13-6-2-5-12(15)11(13)8-16/h2,5-6,10H,3-4,7,9H2,1H3. The van der Waals surface area contributed by atoms with Crippen molar-refractivity contribution in [2.45, 2.75) is 12.8 Å². The van der Waals surface area contributed by atoms with Crippen molar-refractivity contribution < 1.29 is 9.53 Å². The molecule has 0 radical (unpaired) electrons. The van der Waals surface area contributed by atoms with Crippen LogP contribution < -0.4 is 4.90 Å². The van der Waals surface area contributed by atoms with Crippen LogP contribution in [-0.2, 0) is 9.53 Å². The van der Waals surface area contributed by atoms with Crippen LogP contribution in [0.2, 0.25) is 0 Å². The molecule has 0 N–H and O–H groups in total. The van der Waals surface area contributed by atoms with E-state index in [1.54, 1.807) is 0 Å². The molecule has 4 nitrogen and oxygen atoms in total.